The number of pyridine rings is 1. The van der Waals surface area contributed by atoms with Gasteiger partial charge >= 0.3 is 6.18 Å². The number of thiazole rings is 1. The number of aromatic nitrogens is 2. The molecule has 2 nitrogen and oxygen atoms in total. The third-order valence-electron chi connectivity index (χ3n) is 3.49. The van der Waals surface area contributed by atoms with Crippen molar-refractivity contribution in [1.29, 1.82) is 0 Å². The maximum atomic E-state index is 12.4. The smallest absolute Gasteiger partial charge is 0.258 e. The molecule has 6 heteroatoms. The van der Waals surface area contributed by atoms with Gasteiger partial charge in [0.25, 0.3) is 0 Å². The van der Waals surface area contributed by atoms with E-state index in [1.54, 1.807) is 13.8 Å². The van der Waals surface area contributed by atoms with E-state index in [0.717, 1.165) is 6.07 Å². The second-order valence-corrected chi connectivity index (χ2v) is 7.10. The lowest BCUT2D eigenvalue weighted by molar-refractivity contribution is -0.138. The zero-order chi connectivity index (χ0) is 17.9. The third kappa shape index (κ3) is 5.30. The third-order valence-corrected chi connectivity index (χ3v) is 4.86. The molecule has 0 fully saturated rings. The van der Waals surface area contributed by atoms with Gasteiger partial charge in [-0.1, -0.05) is 13.8 Å². The van der Waals surface area contributed by atoms with Crippen LogP contribution >= 0.6 is 11.3 Å². The van der Waals surface area contributed by atoms with E-state index >= 15 is 0 Å². The van der Waals surface area contributed by atoms with Crippen LogP contribution in [-0.4, -0.2) is 9.97 Å². The highest BCUT2D eigenvalue weighted by atomic mass is 32.1. The Morgan fingerprint density at radius 2 is 1.52 bits per heavy atom. The first kappa shape index (κ1) is 19.6. The zero-order valence-corrected chi connectivity index (χ0v) is 15.4. The van der Waals surface area contributed by atoms with Crippen LogP contribution in [0.2, 0.25) is 0 Å². The Labute approximate surface area is 139 Å². The summed E-state index contributed by atoms with van der Waals surface area (Å²) in [5.41, 5.74) is 1.65. The number of alkyl halides is 3. The molecule has 0 radical (unpaired) electrons. The van der Waals surface area contributed by atoms with E-state index in [0.29, 0.717) is 17.3 Å². The Morgan fingerprint density at radius 1 is 0.957 bits per heavy atom. The van der Waals surface area contributed by atoms with Crippen LogP contribution in [0.3, 0.4) is 0 Å². The van der Waals surface area contributed by atoms with E-state index in [9.17, 15) is 13.2 Å². The van der Waals surface area contributed by atoms with Crippen molar-refractivity contribution in [3.05, 3.63) is 44.2 Å². The van der Waals surface area contributed by atoms with E-state index in [4.69, 9.17) is 0 Å². The number of aryl methyl sites for hydroxylation is 4. The van der Waals surface area contributed by atoms with Crippen LogP contribution in [0.4, 0.5) is 13.2 Å². The lowest BCUT2D eigenvalue weighted by Gasteiger charge is -2.12. The predicted molar refractivity (Wildman–Crippen MR) is 89.1 cm³/mol. The summed E-state index contributed by atoms with van der Waals surface area (Å²) in [5, 5.41) is 1.26. The van der Waals surface area contributed by atoms with Gasteiger partial charge in [0.15, 0.2) is 0 Å². The van der Waals surface area contributed by atoms with Crippen molar-refractivity contribution in [2.75, 3.05) is 0 Å². The van der Waals surface area contributed by atoms with Crippen LogP contribution in [0, 0.1) is 34.6 Å². The molecular weight excluding hydrogens is 321 g/mol. The first-order valence-electron chi connectivity index (χ1n) is 7.39. The van der Waals surface area contributed by atoms with Crippen molar-refractivity contribution >= 4 is 11.3 Å². The summed E-state index contributed by atoms with van der Waals surface area (Å²) in [6, 6.07) is 1.07. The van der Waals surface area contributed by atoms with Crippen LogP contribution in [-0.2, 0) is 6.18 Å². The van der Waals surface area contributed by atoms with Gasteiger partial charge in [-0.25, -0.2) is 4.98 Å². The number of hydrogen-bond acceptors (Lipinski definition) is 3. The highest BCUT2D eigenvalue weighted by molar-refractivity contribution is 7.11. The topological polar surface area (TPSA) is 25.8 Å². The molecule has 0 bridgehead atoms. The van der Waals surface area contributed by atoms with Gasteiger partial charge in [-0.2, -0.15) is 13.2 Å². The summed E-state index contributed by atoms with van der Waals surface area (Å²) in [4.78, 5) is 9.73. The molecule has 0 aliphatic rings. The van der Waals surface area contributed by atoms with E-state index in [1.165, 1.54) is 22.5 Å². The average molecular weight is 344 g/mol. The van der Waals surface area contributed by atoms with E-state index < -0.39 is 11.7 Å². The molecule has 2 aromatic heterocycles. The molecule has 0 atom stereocenters. The van der Waals surface area contributed by atoms with Crippen LogP contribution < -0.4 is 0 Å². The van der Waals surface area contributed by atoms with Crippen molar-refractivity contribution in [2.24, 2.45) is 0 Å². The maximum absolute atomic E-state index is 12.4. The standard InChI is InChI=1S/C9H10F3N.C8H13NS/c1-5-4-8(9(10,11)12)6(2)7(3)13-5;1-5(2)8-9-6(3)7(4)10-8/h4H,1-3H3;5H,1-4H3. The van der Waals surface area contributed by atoms with Crippen molar-refractivity contribution in [1.82, 2.24) is 9.97 Å². The van der Waals surface area contributed by atoms with E-state index in [1.807, 2.05) is 11.3 Å². The molecule has 0 aliphatic carbocycles. The number of rotatable bonds is 1. The van der Waals surface area contributed by atoms with Gasteiger partial charge < -0.3 is 0 Å². The van der Waals surface area contributed by atoms with Crippen molar-refractivity contribution in [3.63, 3.8) is 0 Å². The lowest BCUT2D eigenvalue weighted by atomic mass is 10.1. The van der Waals surface area contributed by atoms with Gasteiger partial charge in [-0.05, 0) is 46.2 Å². The maximum Gasteiger partial charge on any atom is 0.416 e. The van der Waals surface area contributed by atoms with Gasteiger partial charge in [-0.3, -0.25) is 4.98 Å². The number of halogens is 3. The Hall–Kier alpha value is -1.43. The highest BCUT2D eigenvalue weighted by Gasteiger charge is 2.33. The van der Waals surface area contributed by atoms with E-state index in [-0.39, 0.29) is 5.56 Å². The normalized spacial score (nSPS) is 11.4. The molecule has 2 heterocycles. The van der Waals surface area contributed by atoms with Crippen molar-refractivity contribution < 1.29 is 13.2 Å². The molecular formula is C17H23F3N2S. The SMILES string of the molecule is Cc1cc(C(F)(F)F)c(C)c(C)n1.Cc1nc(C(C)C)sc1C. The second-order valence-electron chi connectivity index (χ2n) is 5.87. The summed E-state index contributed by atoms with van der Waals surface area (Å²) >= 11 is 1.81. The summed E-state index contributed by atoms with van der Waals surface area (Å²) < 4.78 is 37.1. The Kier molecular flexibility index (Phi) is 6.33. The molecule has 2 aromatic rings. The van der Waals surface area contributed by atoms with Gasteiger partial charge in [0.2, 0.25) is 0 Å². The second kappa shape index (κ2) is 7.43. The lowest BCUT2D eigenvalue weighted by Crippen LogP contribution is -2.10. The van der Waals surface area contributed by atoms with Gasteiger partial charge in [0.1, 0.15) is 0 Å². The molecule has 0 spiro atoms. The summed E-state index contributed by atoms with van der Waals surface area (Å²) in [6.45, 7) is 13.1. The molecule has 0 amide bonds. The zero-order valence-electron chi connectivity index (χ0n) is 14.6. The average Bonchev–Trinajstić information content (AvgIpc) is 2.74. The molecule has 2 rings (SSSR count). The highest BCUT2D eigenvalue weighted by Crippen LogP contribution is 2.32. The van der Waals surface area contributed by atoms with Crippen LogP contribution in [0.1, 0.15) is 57.9 Å². The van der Waals surface area contributed by atoms with Crippen molar-refractivity contribution in [2.45, 2.75) is 60.6 Å². The van der Waals surface area contributed by atoms with Crippen molar-refractivity contribution in [3.8, 4) is 0 Å². The van der Waals surface area contributed by atoms with Gasteiger partial charge in [-0.15, -0.1) is 11.3 Å². The monoisotopic (exact) mass is 344 g/mol. The Bertz CT molecular complexity index is 654. The molecule has 0 saturated carbocycles. The first-order chi connectivity index (χ1) is 10.4. The largest absolute Gasteiger partial charge is 0.416 e. The molecule has 0 aromatic carbocycles. The minimum absolute atomic E-state index is 0.207. The first-order valence-corrected chi connectivity index (χ1v) is 8.21. The minimum atomic E-state index is -4.28. The molecule has 0 N–H and O–H groups in total. The minimum Gasteiger partial charge on any atom is -0.258 e. The molecule has 23 heavy (non-hydrogen) atoms. The number of nitrogens with zero attached hydrogens (tertiary/aromatic N) is 2. The predicted octanol–water partition coefficient (Wildman–Crippen LogP) is 5.91. The molecule has 0 aliphatic heterocycles. The Balaban J connectivity index is 0.000000238. The molecule has 0 saturated heterocycles. The fourth-order valence-electron chi connectivity index (χ4n) is 1.93. The van der Waals surface area contributed by atoms with Gasteiger partial charge in [0.05, 0.1) is 16.3 Å². The van der Waals surface area contributed by atoms with Crippen LogP contribution in [0.15, 0.2) is 6.07 Å². The number of hydrogen-bond donors (Lipinski definition) is 0. The van der Waals surface area contributed by atoms with Crippen LogP contribution in [0.25, 0.3) is 0 Å². The fraction of sp³-hybridized carbons (Fsp3) is 0.529. The summed E-state index contributed by atoms with van der Waals surface area (Å²) in [5.74, 6) is 0.581. The van der Waals surface area contributed by atoms with Crippen LogP contribution in [0.5, 0.6) is 0 Å². The Morgan fingerprint density at radius 3 is 1.87 bits per heavy atom. The quantitative estimate of drug-likeness (QED) is 0.643. The summed E-state index contributed by atoms with van der Waals surface area (Å²) in [6.07, 6.45) is -4.28. The fourth-order valence-corrected chi connectivity index (χ4v) is 2.86. The van der Waals surface area contributed by atoms with Gasteiger partial charge in [0, 0.05) is 22.2 Å². The van der Waals surface area contributed by atoms with E-state index in [2.05, 4.69) is 37.7 Å². The molecule has 128 valence electrons. The molecule has 0 unspecified atom stereocenters. The summed E-state index contributed by atoms with van der Waals surface area (Å²) in [7, 11) is 0.